The molecule has 1 heterocycles. The molecule has 28 heavy (non-hydrogen) atoms. The number of nitrogens with two attached hydrogens (primary N) is 1. The van der Waals surface area contributed by atoms with Crippen LogP contribution in [0.3, 0.4) is 0 Å². The molecule has 2 aromatic carbocycles. The predicted octanol–water partition coefficient (Wildman–Crippen LogP) is 1.84. The SMILES string of the molecule is NC(=O)c1ccc(C(=O)N2CCCN(C(=O)Cc3cccc(F)c3)CC2)cc1. The van der Waals surface area contributed by atoms with Crippen molar-refractivity contribution in [1.82, 2.24) is 9.80 Å². The fourth-order valence-electron chi connectivity index (χ4n) is 3.26. The molecule has 0 aliphatic carbocycles. The lowest BCUT2D eigenvalue weighted by Crippen LogP contribution is -2.38. The summed E-state index contributed by atoms with van der Waals surface area (Å²) in [6, 6.07) is 12.3. The summed E-state index contributed by atoms with van der Waals surface area (Å²) < 4.78 is 13.3. The van der Waals surface area contributed by atoms with Gasteiger partial charge in [-0.25, -0.2) is 4.39 Å². The van der Waals surface area contributed by atoms with Gasteiger partial charge in [-0.2, -0.15) is 0 Å². The molecule has 3 amide bonds. The van der Waals surface area contributed by atoms with Gasteiger partial charge in [0.2, 0.25) is 11.8 Å². The van der Waals surface area contributed by atoms with Crippen molar-refractivity contribution in [3.8, 4) is 0 Å². The lowest BCUT2D eigenvalue weighted by molar-refractivity contribution is -0.130. The van der Waals surface area contributed by atoms with Gasteiger partial charge >= 0.3 is 0 Å². The molecule has 0 saturated carbocycles. The third-order valence-corrected chi connectivity index (χ3v) is 4.80. The first-order valence-corrected chi connectivity index (χ1v) is 9.15. The lowest BCUT2D eigenvalue weighted by Gasteiger charge is -2.22. The van der Waals surface area contributed by atoms with E-state index in [2.05, 4.69) is 0 Å². The molecule has 6 nitrogen and oxygen atoms in total. The third kappa shape index (κ3) is 4.73. The van der Waals surface area contributed by atoms with E-state index in [1.54, 1.807) is 34.1 Å². The van der Waals surface area contributed by atoms with E-state index < -0.39 is 5.91 Å². The van der Waals surface area contributed by atoms with Crippen LogP contribution in [-0.2, 0) is 11.2 Å². The van der Waals surface area contributed by atoms with E-state index in [-0.39, 0.29) is 24.1 Å². The molecule has 3 rings (SSSR count). The number of nitrogens with zero attached hydrogens (tertiary/aromatic N) is 2. The summed E-state index contributed by atoms with van der Waals surface area (Å²) in [5.74, 6) is -1.12. The molecule has 2 N–H and O–H groups in total. The minimum atomic E-state index is -0.541. The number of rotatable bonds is 4. The zero-order valence-corrected chi connectivity index (χ0v) is 15.4. The van der Waals surface area contributed by atoms with Crippen LogP contribution in [0, 0.1) is 5.82 Å². The second kappa shape index (κ2) is 8.65. The molecule has 1 fully saturated rings. The Labute approximate surface area is 162 Å². The van der Waals surface area contributed by atoms with Crippen LogP contribution < -0.4 is 5.73 Å². The van der Waals surface area contributed by atoms with Crippen LogP contribution in [0.2, 0.25) is 0 Å². The van der Waals surface area contributed by atoms with Gasteiger partial charge in [-0.15, -0.1) is 0 Å². The quantitative estimate of drug-likeness (QED) is 0.874. The summed E-state index contributed by atoms with van der Waals surface area (Å²) in [5.41, 5.74) is 6.68. The first-order chi connectivity index (χ1) is 13.4. The number of halogens is 1. The highest BCUT2D eigenvalue weighted by molar-refractivity contribution is 5.97. The minimum absolute atomic E-state index is 0.0780. The van der Waals surface area contributed by atoms with Crippen molar-refractivity contribution in [3.63, 3.8) is 0 Å². The smallest absolute Gasteiger partial charge is 0.253 e. The maximum absolute atomic E-state index is 13.3. The van der Waals surface area contributed by atoms with Crippen molar-refractivity contribution < 1.29 is 18.8 Å². The van der Waals surface area contributed by atoms with Crippen LogP contribution in [0.25, 0.3) is 0 Å². The molecule has 0 spiro atoms. The number of carbonyl (C=O) groups excluding carboxylic acids is 3. The third-order valence-electron chi connectivity index (χ3n) is 4.80. The van der Waals surface area contributed by atoms with Gasteiger partial charge in [0.25, 0.3) is 5.91 Å². The van der Waals surface area contributed by atoms with Crippen molar-refractivity contribution in [2.75, 3.05) is 26.2 Å². The molecule has 0 aromatic heterocycles. The van der Waals surface area contributed by atoms with Gasteiger partial charge in [0, 0.05) is 37.3 Å². The standard InChI is InChI=1S/C21H22FN3O3/c22-18-4-1-3-15(13-18)14-19(26)24-9-2-10-25(12-11-24)21(28)17-7-5-16(6-8-17)20(23)27/h1,3-8,13H,2,9-12,14H2,(H2,23,27). The highest BCUT2D eigenvalue weighted by Crippen LogP contribution is 2.12. The second-order valence-corrected chi connectivity index (χ2v) is 6.77. The first kappa shape index (κ1) is 19.5. The van der Waals surface area contributed by atoms with Gasteiger partial charge in [-0.1, -0.05) is 12.1 Å². The molecule has 1 aliphatic heterocycles. The normalized spacial score (nSPS) is 14.5. The number of amides is 3. The molecule has 0 unspecified atom stereocenters. The van der Waals surface area contributed by atoms with Crippen LogP contribution >= 0.6 is 0 Å². The Kier molecular flexibility index (Phi) is 6.03. The van der Waals surface area contributed by atoms with Crippen LogP contribution in [-0.4, -0.2) is 53.7 Å². The highest BCUT2D eigenvalue weighted by atomic mass is 19.1. The van der Waals surface area contributed by atoms with Gasteiger partial charge < -0.3 is 15.5 Å². The molecule has 7 heteroatoms. The van der Waals surface area contributed by atoms with Crippen molar-refractivity contribution in [2.24, 2.45) is 5.73 Å². The zero-order valence-electron chi connectivity index (χ0n) is 15.4. The first-order valence-electron chi connectivity index (χ1n) is 9.15. The maximum atomic E-state index is 13.3. The van der Waals surface area contributed by atoms with E-state index in [1.165, 1.54) is 24.3 Å². The van der Waals surface area contributed by atoms with Crippen LogP contribution in [0.5, 0.6) is 0 Å². The average Bonchev–Trinajstić information content (AvgIpc) is 2.94. The summed E-state index contributed by atoms with van der Waals surface area (Å²) in [7, 11) is 0. The molecule has 0 bridgehead atoms. The largest absolute Gasteiger partial charge is 0.366 e. The van der Waals surface area contributed by atoms with Crippen LogP contribution in [0.4, 0.5) is 4.39 Å². The predicted molar refractivity (Wildman–Crippen MR) is 102 cm³/mol. The Balaban J connectivity index is 1.60. The molecule has 2 aromatic rings. The molecule has 0 atom stereocenters. The van der Waals surface area contributed by atoms with Gasteiger partial charge in [0.1, 0.15) is 5.82 Å². The molecular formula is C21H22FN3O3. The van der Waals surface area contributed by atoms with Crippen LogP contribution in [0.15, 0.2) is 48.5 Å². The summed E-state index contributed by atoms with van der Waals surface area (Å²) in [6.07, 6.45) is 0.806. The summed E-state index contributed by atoms with van der Waals surface area (Å²) in [4.78, 5) is 39.8. The Hall–Kier alpha value is -3.22. The second-order valence-electron chi connectivity index (χ2n) is 6.77. The summed E-state index contributed by atoms with van der Waals surface area (Å²) in [5, 5.41) is 0. The summed E-state index contributed by atoms with van der Waals surface area (Å²) >= 11 is 0. The van der Waals surface area contributed by atoms with Gasteiger partial charge in [-0.05, 0) is 48.4 Å². The van der Waals surface area contributed by atoms with E-state index in [0.717, 1.165) is 0 Å². The zero-order chi connectivity index (χ0) is 20.1. The van der Waals surface area contributed by atoms with Gasteiger partial charge in [0.05, 0.1) is 6.42 Å². The molecule has 146 valence electrons. The fraction of sp³-hybridized carbons (Fsp3) is 0.286. The Bertz CT molecular complexity index is 883. The highest BCUT2D eigenvalue weighted by Gasteiger charge is 2.23. The minimum Gasteiger partial charge on any atom is -0.366 e. The van der Waals surface area contributed by atoms with E-state index in [1.807, 2.05) is 0 Å². The van der Waals surface area contributed by atoms with E-state index in [0.29, 0.717) is 49.3 Å². The number of benzene rings is 2. The van der Waals surface area contributed by atoms with Gasteiger partial charge in [-0.3, -0.25) is 14.4 Å². The number of primary amides is 1. The van der Waals surface area contributed by atoms with E-state index in [4.69, 9.17) is 5.73 Å². The molecule has 1 aliphatic rings. The topological polar surface area (TPSA) is 83.7 Å². The van der Waals surface area contributed by atoms with Crippen molar-refractivity contribution in [1.29, 1.82) is 0 Å². The molecular weight excluding hydrogens is 361 g/mol. The summed E-state index contributed by atoms with van der Waals surface area (Å²) in [6.45, 7) is 1.95. The molecule has 0 radical (unpaired) electrons. The molecule has 1 saturated heterocycles. The van der Waals surface area contributed by atoms with E-state index in [9.17, 15) is 18.8 Å². The Morgan fingerprint density at radius 3 is 2.21 bits per heavy atom. The van der Waals surface area contributed by atoms with E-state index >= 15 is 0 Å². The van der Waals surface area contributed by atoms with Crippen molar-refractivity contribution in [3.05, 3.63) is 71.0 Å². The lowest BCUT2D eigenvalue weighted by atomic mass is 10.1. The van der Waals surface area contributed by atoms with Crippen molar-refractivity contribution in [2.45, 2.75) is 12.8 Å². The van der Waals surface area contributed by atoms with Crippen LogP contribution in [0.1, 0.15) is 32.7 Å². The van der Waals surface area contributed by atoms with Crippen molar-refractivity contribution >= 4 is 17.7 Å². The number of carbonyl (C=O) groups is 3. The maximum Gasteiger partial charge on any atom is 0.253 e. The Morgan fingerprint density at radius 2 is 1.54 bits per heavy atom. The fourth-order valence-corrected chi connectivity index (χ4v) is 3.26. The number of hydrogen-bond acceptors (Lipinski definition) is 3. The average molecular weight is 383 g/mol. The number of hydrogen-bond donors (Lipinski definition) is 1. The van der Waals surface area contributed by atoms with Gasteiger partial charge in [0.15, 0.2) is 0 Å². The monoisotopic (exact) mass is 383 g/mol. The Morgan fingerprint density at radius 1 is 0.893 bits per heavy atom.